The molecule has 1 aliphatic heterocycles. The second-order valence-corrected chi connectivity index (χ2v) is 13.0. The van der Waals surface area contributed by atoms with E-state index in [1.807, 2.05) is 13.8 Å². The number of likely N-dealkylation sites (tertiary alicyclic amines) is 1. The Bertz CT molecular complexity index is 1190. The van der Waals surface area contributed by atoms with Crippen molar-refractivity contribution in [2.45, 2.75) is 105 Å². The quantitative estimate of drug-likeness (QED) is 0.356. The number of urea groups is 1. The zero-order valence-electron chi connectivity index (χ0n) is 28.9. The number of Topliss-reactive ketones (excluding diaryl/α,β-unsaturated/α-hetero) is 1. The number of hydrogen-bond donors (Lipinski definition) is 4. The Balaban J connectivity index is 1.91. The summed E-state index contributed by atoms with van der Waals surface area (Å²) in [7, 11) is 0. The number of carbonyl (C=O) groups excluding carboxylic acids is 5. The minimum absolute atomic E-state index is 0.0661. The Morgan fingerprint density at radius 1 is 1.05 bits per heavy atom. The summed E-state index contributed by atoms with van der Waals surface area (Å²) in [6.07, 6.45) is -8.99. The van der Waals surface area contributed by atoms with Gasteiger partial charge in [-0.05, 0) is 55.8 Å². The smallest absolute Gasteiger partial charge is 0.315 e. The predicted molar refractivity (Wildman–Crippen MR) is 139 cm³/mol. The molecular weight excluding hydrogens is 474 g/mol. The van der Waals surface area contributed by atoms with Crippen LogP contribution in [0.4, 0.5) is 4.79 Å². The van der Waals surface area contributed by atoms with Crippen molar-refractivity contribution in [2.75, 3.05) is 6.54 Å². The molecule has 10 nitrogen and oxygen atoms in total. The third-order valence-electron chi connectivity index (χ3n) is 7.48. The van der Waals surface area contributed by atoms with Gasteiger partial charge < -0.3 is 26.6 Å². The molecule has 2 saturated carbocycles. The van der Waals surface area contributed by atoms with Gasteiger partial charge in [0.2, 0.25) is 17.6 Å². The summed E-state index contributed by atoms with van der Waals surface area (Å²) >= 11 is 0. The second kappa shape index (κ2) is 9.91. The van der Waals surface area contributed by atoms with Crippen LogP contribution in [0.1, 0.15) is 89.2 Å². The number of nitrogens with two attached hydrogens (primary N) is 1. The summed E-state index contributed by atoms with van der Waals surface area (Å²) < 4.78 is 48.0. The van der Waals surface area contributed by atoms with E-state index < -0.39 is 90.1 Å². The third-order valence-corrected chi connectivity index (χ3v) is 7.48. The van der Waals surface area contributed by atoms with Gasteiger partial charge in [-0.3, -0.25) is 19.2 Å². The molecule has 208 valence electrons. The maximum atomic E-state index is 14.0. The summed E-state index contributed by atoms with van der Waals surface area (Å²) in [6, 6.07) is -4.45. The molecule has 3 fully saturated rings. The van der Waals surface area contributed by atoms with E-state index in [1.165, 1.54) is 4.90 Å². The molecule has 0 spiro atoms. The molecule has 1 saturated heterocycles. The molecule has 10 heteroatoms. The molecule has 0 aromatic rings. The first-order valence-corrected chi connectivity index (χ1v) is 12.6. The highest BCUT2D eigenvalue weighted by atomic mass is 16.2. The average molecular weight is 526 g/mol. The zero-order valence-corrected chi connectivity index (χ0v) is 22.9. The Morgan fingerprint density at radius 2 is 1.65 bits per heavy atom. The van der Waals surface area contributed by atoms with Gasteiger partial charge in [0.05, 0.1) is 6.04 Å². The average Bonchev–Trinajstić information content (AvgIpc) is 3.14. The highest BCUT2D eigenvalue weighted by molar-refractivity contribution is 6.37. The van der Waals surface area contributed by atoms with Crippen molar-refractivity contribution in [2.24, 2.45) is 34.3 Å². The summed E-state index contributed by atoms with van der Waals surface area (Å²) in [5.41, 5.74) is 3.53. The molecule has 0 aromatic carbocycles. The van der Waals surface area contributed by atoms with Gasteiger partial charge in [-0.15, -0.1) is 0 Å². The number of hydrogen-bond acceptors (Lipinski definition) is 5. The number of ketones is 1. The van der Waals surface area contributed by atoms with Gasteiger partial charge in [0.1, 0.15) is 12.1 Å². The fraction of sp³-hybridized carbons (Fsp3) is 0.815. The van der Waals surface area contributed by atoms with Gasteiger partial charge in [-0.1, -0.05) is 53.7 Å². The van der Waals surface area contributed by atoms with Crippen LogP contribution < -0.4 is 21.7 Å². The molecule has 3 rings (SSSR count). The standard InChI is InChI=1S/C27H45N5O5/c1-25(2,3)20(30-24(37)31-26(4,5)6)23(36)32-13-15-17(27(15,7)8)18(32)22(35)29-16(19(33)21(28)34)12-14-10-9-11-14/h14-18,20H,9-13H2,1-8H3,(H2,28,34)(H,29,35)(H2,30,31,37)/t15-,16?,17-,18-,20+/m0/s1/i9D2,10D2,11D2. The van der Waals surface area contributed by atoms with Crippen LogP contribution in [0, 0.1) is 28.6 Å². The van der Waals surface area contributed by atoms with E-state index in [1.54, 1.807) is 41.5 Å². The number of nitrogens with zero attached hydrogens (tertiary/aromatic N) is 1. The Labute approximate surface area is 228 Å². The summed E-state index contributed by atoms with van der Waals surface area (Å²) in [6.45, 7) is 14.7. The van der Waals surface area contributed by atoms with Crippen LogP contribution in [0.5, 0.6) is 0 Å². The van der Waals surface area contributed by atoms with Gasteiger partial charge in [0, 0.05) is 20.3 Å². The van der Waals surface area contributed by atoms with Crippen LogP contribution in [0.2, 0.25) is 0 Å². The molecular formula is C27H45N5O5. The number of carbonyl (C=O) groups is 5. The third kappa shape index (κ3) is 6.26. The molecule has 5 atom stereocenters. The van der Waals surface area contributed by atoms with Gasteiger partial charge in [-0.25, -0.2) is 4.79 Å². The summed E-state index contributed by atoms with van der Waals surface area (Å²) in [5.74, 6) is -6.10. The van der Waals surface area contributed by atoms with Gasteiger partial charge in [0.25, 0.3) is 5.91 Å². The highest BCUT2D eigenvalue weighted by Crippen LogP contribution is 2.65. The SMILES string of the molecule is [2H]C1([2H])C(CC(NC(=O)[C@@H]2[C@@H]3[C@H](CN2C(=O)[C@@H](NC(=O)NC(C)(C)C)C(C)(C)C)C3(C)C)C(=O)C(N)=O)C([2H])([2H])C1([2H])[2H]. The lowest BCUT2D eigenvalue weighted by Gasteiger charge is -2.38. The number of piperidine rings is 1. The maximum Gasteiger partial charge on any atom is 0.315 e. The Morgan fingerprint density at radius 3 is 2.16 bits per heavy atom. The van der Waals surface area contributed by atoms with Crippen molar-refractivity contribution in [3.05, 3.63) is 0 Å². The van der Waals surface area contributed by atoms with E-state index in [9.17, 15) is 24.0 Å². The number of primary amides is 1. The van der Waals surface area contributed by atoms with Crippen LogP contribution in [-0.2, 0) is 19.2 Å². The first kappa shape index (κ1) is 21.3. The van der Waals surface area contributed by atoms with Gasteiger partial charge in [-0.2, -0.15) is 0 Å². The lowest BCUT2D eigenvalue weighted by molar-refractivity contribution is -0.145. The molecule has 3 aliphatic rings. The van der Waals surface area contributed by atoms with Crippen LogP contribution in [-0.4, -0.2) is 64.6 Å². The fourth-order valence-electron chi connectivity index (χ4n) is 5.32. The molecule has 1 unspecified atom stereocenters. The molecule has 5 amide bonds. The van der Waals surface area contributed by atoms with E-state index in [0.717, 1.165) is 0 Å². The van der Waals surface area contributed by atoms with E-state index in [-0.39, 0.29) is 23.8 Å². The molecule has 0 aromatic heterocycles. The highest BCUT2D eigenvalue weighted by Gasteiger charge is 2.70. The van der Waals surface area contributed by atoms with Gasteiger partial charge >= 0.3 is 6.03 Å². The Hall–Kier alpha value is -2.65. The number of rotatable bonds is 8. The number of nitrogens with one attached hydrogen (secondary N) is 3. The molecule has 5 N–H and O–H groups in total. The van der Waals surface area contributed by atoms with Crippen molar-refractivity contribution in [1.29, 1.82) is 0 Å². The molecule has 1 heterocycles. The van der Waals surface area contributed by atoms with Crippen LogP contribution in [0.25, 0.3) is 0 Å². The van der Waals surface area contributed by atoms with E-state index >= 15 is 0 Å². The lowest BCUT2D eigenvalue weighted by atomic mass is 9.80. The van der Waals surface area contributed by atoms with Gasteiger partial charge in [0.15, 0.2) is 0 Å². The summed E-state index contributed by atoms with van der Waals surface area (Å²) in [4.78, 5) is 66.7. The van der Waals surface area contributed by atoms with E-state index in [4.69, 9.17) is 14.0 Å². The minimum atomic E-state index is -2.87. The maximum absolute atomic E-state index is 14.0. The molecule has 2 aliphatic carbocycles. The minimum Gasteiger partial charge on any atom is -0.363 e. The predicted octanol–water partition coefficient (Wildman–Crippen LogP) is 1.71. The fourth-order valence-corrected chi connectivity index (χ4v) is 5.32. The first-order chi connectivity index (χ1) is 19.1. The largest absolute Gasteiger partial charge is 0.363 e. The monoisotopic (exact) mass is 525 g/mol. The van der Waals surface area contributed by atoms with Crippen LogP contribution >= 0.6 is 0 Å². The lowest BCUT2D eigenvalue weighted by Crippen LogP contribution is -2.62. The van der Waals surface area contributed by atoms with E-state index in [0.29, 0.717) is 0 Å². The summed E-state index contributed by atoms with van der Waals surface area (Å²) in [5, 5.41) is 7.93. The molecule has 0 bridgehead atoms. The van der Waals surface area contributed by atoms with Crippen LogP contribution in [0.3, 0.4) is 0 Å². The molecule has 0 radical (unpaired) electrons. The number of amides is 5. The van der Waals surface area contributed by atoms with Crippen LogP contribution in [0.15, 0.2) is 0 Å². The second-order valence-electron chi connectivity index (χ2n) is 13.0. The van der Waals surface area contributed by atoms with Crippen molar-refractivity contribution in [1.82, 2.24) is 20.9 Å². The normalized spacial score (nSPS) is 32.8. The van der Waals surface area contributed by atoms with Crippen molar-refractivity contribution in [3.63, 3.8) is 0 Å². The van der Waals surface area contributed by atoms with E-state index in [2.05, 4.69) is 16.0 Å². The topological polar surface area (TPSA) is 151 Å². The Kier molecular flexibility index (Phi) is 5.70. The first-order valence-electron chi connectivity index (χ1n) is 15.6. The van der Waals surface area contributed by atoms with Crippen molar-refractivity contribution >= 4 is 29.5 Å². The number of fused-ring (bicyclic) bond motifs is 1. The van der Waals surface area contributed by atoms with Crippen molar-refractivity contribution < 1.29 is 32.2 Å². The molecule has 37 heavy (non-hydrogen) atoms. The van der Waals surface area contributed by atoms with Crippen molar-refractivity contribution in [3.8, 4) is 0 Å². The zero-order chi connectivity index (χ0) is 33.5.